The Morgan fingerprint density at radius 3 is 2.47 bits per heavy atom. The average molecular weight is 588 g/mol. The molecule has 2 aromatic heterocycles. The highest BCUT2D eigenvalue weighted by Crippen LogP contribution is 2.45. The SMILES string of the molecule is Cn1c(C(=O)NNC(=O)CN2C(=O)c3ccccc3C2c2c(-c3ccccc3)[nH]c3ccccc23)cc2cc(Cl)ccc21. The number of nitrogens with zero attached hydrogens (tertiary/aromatic N) is 2. The molecule has 4 aromatic carbocycles. The molecule has 7 rings (SSSR count). The summed E-state index contributed by atoms with van der Waals surface area (Å²) >= 11 is 6.11. The third-order valence-corrected chi connectivity index (χ3v) is 8.24. The smallest absolute Gasteiger partial charge is 0.286 e. The number of aromatic nitrogens is 2. The minimum atomic E-state index is -0.528. The maximum Gasteiger partial charge on any atom is 0.286 e. The van der Waals surface area contributed by atoms with Crippen LogP contribution < -0.4 is 10.9 Å². The largest absolute Gasteiger partial charge is 0.354 e. The van der Waals surface area contributed by atoms with Crippen molar-refractivity contribution in [3.8, 4) is 11.3 Å². The van der Waals surface area contributed by atoms with Gasteiger partial charge in [0.2, 0.25) is 0 Å². The van der Waals surface area contributed by atoms with Crippen molar-refractivity contribution in [2.24, 2.45) is 7.05 Å². The summed E-state index contributed by atoms with van der Waals surface area (Å²) in [4.78, 5) is 45.3. The van der Waals surface area contributed by atoms with Gasteiger partial charge in [0, 0.05) is 45.0 Å². The van der Waals surface area contributed by atoms with Gasteiger partial charge in [-0.2, -0.15) is 0 Å². The molecule has 0 aliphatic carbocycles. The molecule has 0 fully saturated rings. The Balaban J connectivity index is 1.21. The Morgan fingerprint density at radius 2 is 1.63 bits per heavy atom. The molecule has 8 nitrogen and oxygen atoms in total. The minimum absolute atomic E-state index is 0.253. The zero-order valence-corrected chi connectivity index (χ0v) is 23.9. The third kappa shape index (κ3) is 4.52. The first kappa shape index (κ1) is 26.6. The number of carbonyl (C=O) groups is 3. The summed E-state index contributed by atoms with van der Waals surface area (Å²) < 4.78 is 1.73. The Morgan fingerprint density at radius 1 is 0.884 bits per heavy atom. The number of amides is 3. The zero-order valence-electron chi connectivity index (χ0n) is 23.1. The molecular formula is C34H26ClN5O3. The number of aromatic amines is 1. The lowest BCUT2D eigenvalue weighted by Gasteiger charge is -2.26. The minimum Gasteiger partial charge on any atom is -0.354 e. The van der Waals surface area contributed by atoms with Crippen molar-refractivity contribution >= 4 is 51.1 Å². The fourth-order valence-electron chi connectivity index (χ4n) is 6.05. The van der Waals surface area contributed by atoms with E-state index < -0.39 is 17.9 Å². The summed E-state index contributed by atoms with van der Waals surface area (Å²) in [5.41, 5.74) is 11.3. The molecule has 1 atom stereocenters. The van der Waals surface area contributed by atoms with Gasteiger partial charge in [0.15, 0.2) is 0 Å². The van der Waals surface area contributed by atoms with E-state index in [-0.39, 0.29) is 12.5 Å². The van der Waals surface area contributed by atoms with E-state index in [1.165, 1.54) is 0 Å². The molecule has 0 saturated carbocycles. The molecular weight excluding hydrogens is 562 g/mol. The molecule has 0 radical (unpaired) electrons. The topological polar surface area (TPSA) is 99.2 Å². The summed E-state index contributed by atoms with van der Waals surface area (Å²) in [6.45, 7) is -0.267. The van der Waals surface area contributed by atoms with E-state index in [1.807, 2.05) is 78.9 Å². The van der Waals surface area contributed by atoms with Gasteiger partial charge in [0.25, 0.3) is 17.7 Å². The number of aryl methyl sites for hydroxylation is 1. The number of carbonyl (C=O) groups excluding carboxylic acids is 3. The molecule has 1 unspecified atom stereocenters. The van der Waals surface area contributed by atoms with Crippen LogP contribution in [0.5, 0.6) is 0 Å². The van der Waals surface area contributed by atoms with Crippen LogP contribution in [0.1, 0.15) is 38.0 Å². The summed E-state index contributed by atoms with van der Waals surface area (Å²) in [5, 5.41) is 2.34. The first-order valence-corrected chi connectivity index (χ1v) is 14.2. The third-order valence-electron chi connectivity index (χ3n) is 8.01. The summed E-state index contributed by atoms with van der Waals surface area (Å²) in [5.74, 6) is -1.27. The van der Waals surface area contributed by atoms with Gasteiger partial charge in [-0.15, -0.1) is 0 Å². The number of benzene rings is 4. The number of H-pyrrole nitrogens is 1. The van der Waals surface area contributed by atoms with Crippen LogP contribution >= 0.6 is 11.6 Å². The van der Waals surface area contributed by atoms with E-state index in [4.69, 9.17) is 11.6 Å². The van der Waals surface area contributed by atoms with E-state index in [0.717, 1.165) is 44.2 Å². The van der Waals surface area contributed by atoms with Crippen LogP contribution in [0.15, 0.2) is 103 Å². The molecule has 0 spiro atoms. The summed E-state index contributed by atoms with van der Waals surface area (Å²) in [6, 6.07) is 31.9. The lowest BCUT2D eigenvalue weighted by Crippen LogP contribution is -2.47. The molecule has 0 bridgehead atoms. The maximum absolute atomic E-state index is 13.8. The molecule has 1 aliphatic rings. The van der Waals surface area contributed by atoms with Gasteiger partial charge in [-0.1, -0.05) is 78.3 Å². The van der Waals surface area contributed by atoms with Crippen molar-refractivity contribution in [2.45, 2.75) is 6.04 Å². The molecule has 0 saturated heterocycles. The molecule has 9 heteroatoms. The molecule has 3 heterocycles. The summed E-state index contributed by atoms with van der Waals surface area (Å²) in [6.07, 6.45) is 0. The second-order valence-electron chi connectivity index (χ2n) is 10.5. The molecule has 3 N–H and O–H groups in total. The van der Waals surface area contributed by atoms with Crippen LogP contribution in [0.2, 0.25) is 5.02 Å². The lowest BCUT2D eigenvalue weighted by atomic mass is 9.93. The van der Waals surface area contributed by atoms with Crippen LogP contribution in [0, 0.1) is 0 Å². The van der Waals surface area contributed by atoms with Crippen LogP contribution in [-0.2, 0) is 11.8 Å². The monoisotopic (exact) mass is 587 g/mol. The molecule has 43 heavy (non-hydrogen) atoms. The highest BCUT2D eigenvalue weighted by atomic mass is 35.5. The first-order valence-electron chi connectivity index (χ1n) is 13.8. The number of nitrogens with one attached hydrogen (secondary N) is 3. The van der Waals surface area contributed by atoms with Gasteiger partial charge in [-0.3, -0.25) is 25.2 Å². The Hall–Kier alpha value is -5.34. The van der Waals surface area contributed by atoms with Crippen LogP contribution in [0.25, 0.3) is 33.1 Å². The van der Waals surface area contributed by atoms with Crippen molar-refractivity contribution < 1.29 is 14.4 Å². The number of rotatable bonds is 5. The molecule has 3 amide bonds. The maximum atomic E-state index is 13.8. The lowest BCUT2D eigenvalue weighted by molar-refractivity contribution is -0.122. The van der Waals surface area contributed by atoms with Crippen molar-refractivity contribution in [1.29, 1.82) is 0 Å². The van der Waals surface area contributed by atoms with Crippen molar-refractivity contribution in [1.82, 2.24) is 25.3 Å². The van der Waals surface area contributed by atoms with Gasteiger partial charge in [-0.05, 0) is 47.5 Å². The summed E-state index contributed by atoms with van der Waals surface area (Å²) in [7, 11) is 1.77. The highest BCUT2D eigenvalue weighted by Gasteiger charge is 2.41. The van der Waals surface area contributed by atoms with E-state index in [9.17, 15) is 14.4 Å². The van der Waals surface area contributed by atoms with Crippen molar-refractivity contribution in [2.75, 3.05) is 6.54 Å². The Labute approximate surface area is 251 Å². The quantitative estimate of drug-likeness (QED) is 0.216. The fraction of sp³-hybridized carbons (Fsp3) is 0.0882. The standard InChI is InChI=1S/C34H26ClN5O3/c1-39-27-16-15-22(35)17-21(27)18-28(39)33(42)38-37-29(41)19-40-32(23-11-5-6-12-24(23)34(40)43)30-25-13-7-8-14-26(25)36-31(30)20-9-3-2-4-10-20/h2-18,32,36H,19H2,1H3,(H,37,41)(H,38,42). The second-order valence-corrected chi connectivity index (χ2v) is 11.0. The van der Waals surface area contributed by atoms with Crippen LogP contribution in [0.4, 0.5) is 0 Å². The number of fused-ring (bicyclic) bond motifs is 3. The number of para-hydroxylation sites is 1. The number of hydrazine groups is 1. The van der Waals surface area contributed by atoms with Gasteiger partial charge in [0.1, 0.15) is 12.2 Å². The van der Waals surface area contributed by atoms with Crippen molar-refractivity contribution in [3.63, 3.8) is 0 Å². The van der Waals surface area contributed by atoms with Gasteiger partial charge in [0.05, 0.1) is 11.7 Å². The van der Waals surface area contributed by atoms with E-state index >= 15 is 0 Å². The Bertz CT molecular complexity index is 2060. The molecule has 6 aromatic rings. The van der Waals surface area contributed by atoms with Gasteiger partial charge >= 0.3 is 0 Å². The van der Waals surface area contributed by atoms with E-state index in [2.05, 4.69) is 15.8 Å². The number of halogens is 1. The zero-order chi connectivity index (χ0) is 29.7. The van der Waals surface area contributed by atoms with Gasteiger partial charge in [-0.25, -0.2) is 0 Å². The first-order chi connectivity index (χ1) is 20.9. The Kier molecular flexibility index (Phi) is 6.48. The van der Waals surface area contributed by atoms with Crippen LogP contribution in [-0.4, -0.2) is 38.7 Å². The second kappa shape index (κ2) is 10.5. The van der Waals surface area contributed by atoms with Gasteiger partial charge < -0.3 is 14.5 Å². The fourth-order valence-corrected chi connectivity index (χ4v) is 6.23. The highest BCUT2D eigenvalue weighted by molar-refractivity contribution is 6.31. The van der Waals surface area contributed by atoms with E-state index in [1.54, 1.807) is 40.8 Å². The number of hydrogen-bond donors (Lipinski definition) is 3. The predicted molar refractivity (Wildman–Crippen MR) is 167 cm³/mol. The molecule has 1 aliphatic heterocycles. The van der Waals surface area contributed by atoms with Crippen LogP contribution in [0.3, 0.4) is 0 Å². The molecule has 212 valence electrons. The van der Waals surface area contributed by atoms with E-state index in [0.29, 0.717) is 16.3 Å². The average Bonchev–Trinajstić information content (AvgIpc) is 3.65. The normalized spacial score (nSPS) is 14.3. The number of hydrogen-bond acceptors (Lipinski definition) is 3. The van der Waals surface area contributed by atoms with Crippen molar-refractivity contribution in [3.05, 3.63) is 131 Å². The predicted octanol–water partition coefficient (Wildman–Crippen LogP) is 5.99.